The smallest absolute Gasteiger partial charge is 0.278 e. The van der Waals surface area contributed by atoms with E-state index in [0.29, 0.717) is 22.8 Å². The lowest BCUT2D eigenvalue weighted by Gasteiger charge is -2.27. The monoisotopic (exact) mass is 512 g/mol. The van der Waals surface area contributed by atoms with Gasteiger partial charge in [0.25, 0.3) is 5.56 Å². The van der Waals surface area contributed by atoms with Gasteiger partial charge in [0.05, 0.1) is 17.2 Å². The van der Waals surface area contributed by atoms with Crippen molar-refractivity contribution in [1.29, 1.82) is 5.26 Å². The van der Waals surface area contributed by atoms with Crippen LogP contribution in [0.25, 0.3) is 16.9 Å². The third-order valence-electron chi connectivity index (χ3n) is 7.52. The Morgan fingerprint density at radius 3 is 2.71 bits per heavy atom. The summed E-state index contributed by atoms with van der Waals surface area (Å²) >= 11 is 0. The number of nitrogens with one attached hydrogen (secondary N) is 2. The summed E-state index contributed by atoms with van der Waals surface area (Å²) in [5, 5.41) is 16.8. The molecule has 1 aliphatic heterocycles. The van der Waals surface area contributed by atoms with Gasteiger partial charge in [-0.25, -0.2) is 23.7 Å². The maximum absolute atomic E-state index is 14.7. The van der Waals surface area contributed by atoms with Gasteiger partial charge in [-0.2, -0.15) is 10.2 Å². The summed E-state index contributed by atoms with van der Waals surface area (Å²) in [4.78, 5) is 27.0. The van der Waals surface area contributed by atoms with Crippen LogP contribution in [0.3, 0.4) is 0 Å². The van der Waals surface area contributed by atoms with Crippen LogP contribution in [0.5, 0.6) is 0 Å². The van der Waals surface area contributed by atoms with Crippen molar-refractivity contribution in [3.63, 3.8) is 0 Å². The summed E-state index contributed by atoms with van der Waals surface area (Å²) in [6.07, 6.45) is 4.80. The number of hydrogen-bond acceptors (Lipinski definition) is 7. The fourth-order valence-corrected chi connectivity index (χ4v) is 5.36. The Morgan fingerprint density at radius 1 is 1.21 bits per heavy atom. The van der Waals surface area contributed by atoms with Gasteiger partial charge in [0.15, 0.2) is 11.5 Å². The van der Waals surface area contributed by atoms with E-state index in [1.807, 2.05) is 19.9 Å². The first kappa shape index (κ1) is 24.2. The number of nitriles is 1. The standard InChI is InChI=1S/C28H29FN8O/c1-16(2)36-25(38)19-14-31-26(33-18-5-6-20-17(13-18)9-12-32-28(20)10-11-28)35-24(19)37(36)22-8-7-21(29)23(34-22)27(3,4)15-30/h5-8,13-14,16,32H,9-12H2,1-4H3,(H,31,33,35). The van der Waals surface area contributed by atoms with E-state index >= 15 is 0 Å². The third kappa shape index (κ3) is 3.77. The Labute approximate surface area is 219 Å². The van der Waals surface area contributed by atoms with Crippen molar-refractivity contribution >= 4 is 22.7 Å². The van der Waals surface area contributed by atoms with Gasteiger partial charge in [-0.05, 0) is 82.3 Å². The Balaban J connectivity index is 1.46. The molecule has 4 heterocycles. The van der Waals surface area contributed by atoms with Gasteiger partial charge in [-0.15, -0.1) is 0 Å². The molecule has 2 aliphatic rings. The van der Waals surface area contributed by atoms with Crippen molar-refractivity contribution < 1.29 is 4.39 Å². The fourth-order valence-electron chi connectivity index (χ4n) is 5.36. The molecule has 0 amide bonds. The maximum atomic E-state index is 14.7. The molecule has 0 bridgehead atoms. The van der Waals surface area contributed by atoms with Crippen LogP contribution >= 0.6 is 0 Å². The van der Waals surface area contributed by atoms with Crippen LogP contribution in [0.4, 0.5) is 16.0 Å². The summed E-state index contributed by atoms with van der Waals surface area (Å²) in [6.45, 7) is 7.93. The van der Waals surface area contributed by atoms with Crippen LogP contribution in [0, 0.1) is 17.1 Å². The highest BCUT2D eigenvalue weighted by Crippen LogP contribution is 2.48. The number of anilines is 2. The topological polar surface area (TPSA) is 113 Å². The highest BCUT2D eigenvalue weighted by molar-refractivity contribution is 5.77. The molecule has 2 N–H and O–H groups in total. The number of rotatable bonds is 5. The highest BCUT2D eigenvalue weighted by Gasteiger charge is 2.46. The zero-order valence-electron chi connectivity index (χ0n) is 21.8. The molecule has 1 fully saturated rings. The average Bonchev–Trinajstić information content (AvgIpc) is 3.60. The number of hydrogen-bond donors (Lipinski definition) is 2. The second-order valence-corrected chi connectivity index (χ2v) is 11.0. The normalized spacial score (nSPS) is 16.0. The van der Waals surface area contributed by atoms with Crippen molar-refractivity contribution in [1.82, 2.24) is 29.6 Å². The molecule has 0 radical (unpaired) electrons. The van der Waals surface area contributed by atoms with Gasteiger partial charge < -0.3 is 10.6 Å². The molecule has 1 aromatic carbocycles. The van der Waals surface area contributed by atoms with Crippen LogP contribution in [0.1, 0.15) is 63.4 Å². The van der Waals surface area contributed by atoms with Gasteiger partial charge in [-0.1, -0.05) is 6.07 Å². The summed E-state index contributed by atoms with van der Waals surface area (Å²) in [5.41, 5.74) is 2.63. The predicted molar refractivity (Wildman–Crippen MR) is 142 cm³/mol. The number of fused-ring (bicyclic) bond motifs is 3. The van der Waals surface area contributed by atoms with Crippen LogP contribution < -0.4 is 16.2 Å². The number of pyridine rings is 1. The Kier molecular flexibility index (Phi) is 5.40. The molecule has 0 saturated heterocycles. The van der Waals surface area contributed by atoms with Crippen LogP contribution in [-0.4, -0.2) is 30.9 Å². The van der Waals surface area contributed by atoms with Gasteiger partial charge in [0.1, 0.15) is 11.2 Å². The van der Waals surface area contributed by atoms with E-state index in [4.69, 9.17) is 4.98 Å². The predicted octanol–water partition coefficient (Wildman–Crippen LogP) is 4.38. The molecule has 3 aromatic heterocycles. The van der Waals surface area contributed by atoms with Crippen LogP contribution in [-0.2, 0) is 17.4 Å². The highest BCUT2D eigenvalue weighted by atomic mass is 19.1. The number of nitrogens with zero attached hydrogens (tertiary/aromatic N) is 6. The summed E-state index contributed by atoms with van der Waals surface area (Å²) in [7, 11) is 0. The molecule has 4 aromatic rings. The summed E-state index contributed by atoms with van der Waals surface area (Å²) in [6, 6.07) is 11.0. The quantitative estimate of drug-likeness (QED) is 0.408. The van der Waals surface area contributed by atoms with Crippen LogP contribution in [0.2, 0.25) is 0 Å². The lowest BCUT2D eigenvalue weighted by molar-refractivity contribution is 0.467. The largest absolute Gasteiger partial charge is 0.324 e. The molecule has 0 unspecified atom stereocenters. The minimum Gasteiger partial charge on any atom is -0.324 e. The maximum Gasteiger partial charge on any atom is 0.278 e. The van der Waals surface area contributed by atoms with Crippen molar-refractivity contribution in [2.75, 3.05) is 11.9 Å². The molecule has 1 spiro atoms. The zero-order chi connectivity index (χ0) is 26.8. The van der Waals surface area contributed by atoms with Gasteiger partial charge in [0.2, 0.25) is 5.95 Å². The van der Waals surface area contributed by atoms with E-state index in [2.05, 4.69) is 38.8 Å². The van der Waals surface area contributed by atoms with Gasteiger partial charge >= 0.3 is 0 Å². The van der Waals surface area contributed by atoms with Crippen molar-refractivity contribution in [2.24, 2.45) is 0 Å². The van der Waals surface area contributed by atoms with Crippen molar-refractivity contribution in [3.05, 3.63) is 69.5 Å². The second-order valence-electron chi connectivity index (χ2n) is 11.0. The second kappa shape index (κ2) is 8.46. The summed E-state index contributed by atoms with van der Waals surface area (Å²) < 4.78 is 17.8. The fraction of sp³-hybridized carbons (Fsp3) is 0.393. The van der Waals surface area contributed by atoms with E-state index in [0.717, 1.165) is 18.7 Å². The van der Waals surface area contributed by atoms with E-state index in [1.165, 1.54) is 47.0 Å². The van der Waals surface area contributed by atoms with Gasteiger partial charge in [0, 0.05) is 30.0 Å². The molecule has 10 heteroatoms. The first-order valence-electron chi connectivity index (χ1n) is 12.9. The van der Waals surface area contributed by atoms with Crippen LogP contribution in [0.15, 0.2) is 41.3 Å². The minimum absolute atomic E-state index is 0.00601. The Hall–Kier alpha value is -4.10. The van der Waals surface area contributed by atoms with E-state index in [-0.39, 0.29) is 22.8 Å². The molecule has 38 heavy (non-hydrogen) atoms. The first-order valence-corrected chi connectivity index (χ1v) is 12.9. The molecular formula is C28H29FN8O. The zero-order valence-corrected chi connectivity index (χ0v) is 21.8. The molecule has 9 nitrogen and oxygen atoms in total. The Morgan fingerprint density at radius 2 is 2.00 bits per heavy atom. The number of aromatic nitrogens is 5. The lowest BCUT2D eigenvalue weighted by Crippen LogP contribution is -2.36. The molecule has 1 saturated carbocycles. The Bertz CT molecular complexity index is 1690. The number of halogens is 1. The summed E-state index contributed by atoms with van der Waals surface area (Å²) in [5.74, 6) is 0.0517. The van der Waals surface area contributed by atoms with Crippen molar-refractivity contribution in [2.45, 2.75) is 64.0 Å². The first-order chi connectivity index (χ1) is 18.1. The van der Waals surface area contributed by atoms with Gasteiger partial charge in [-0.3, -0.25) is 4.79 Å². The average molecular weight is 513 g/mol. The van der Waals surface area contributed by atoms with Crippen molar-refractivity contribution in [3.8, 4) is 11.9 Å². The third-order valence-corrected chi connectivity index (χ3v) is 7.52. The lowest BCUT2D eigenvalue weighted by atomic mass is 9.90. The molecule has 6 rings (SSSR count). The van der Waals surface area contributed by atoms with E-state index < -0.39 is 11.2 Å². The molecular weight excluding hydrogens is 483 g/mol. The number of benzene rings is 1. The molecule has 194 valence electrons. The molecule has 0 atom stereocenters. The SMILES string of the molecule is CC(C)n1c(=O)c2cnc(Nc3ccc4c(c3)CCNC43CC3)nc2n1-c1ccc(F)c(C(C)(C)C#N)n1. The van der Waals surface area contributed by atoms with E-state index in [1.54, 1.807) is 18.5 Å². The van der Waals surface area contributed by atoms with E-state index in [9.17, 15) is 14.4 Å². The molecule has 1 aliphatic carbocycles. The minimum atomic E-state index is -1.16.